The zero-order valence-corrected chi connectivity index (χ0v) is 18.4. The van der Waals surface area contributed by atoms with Crippen LogP contribution < -0.4 is 10.6 Å². The average molecular weight is 456 g/mol. The van der Waals surface area contributed by atoms with Crippen molar-refractivity contribution in [1.29, 1.82) is 0 Å². The van der Waals surface area contributed by atoms with Crippen LogP contribution in [-0.2, 0) is 9.53 Å². The van der Waals surface area contributed by atoms with Gasteiger partial charge in [-0.05, 0) is 65.3 Å². The van der Waals surface area contributed by atoms with Crippen molar-refractivity contribution < 1.29 is 24.2 Å². The van der Waals surface area contributed by atoms with E-state index in [2.05, 4.69) is 34.9 Å². The molecule has 34 heavy (non-hydrogen) atoms. The number of amides is 2. The normalized spacial score (nSPS) is 15.1. The number of ether oxygens (including phenoxy) is 1. The molecule has 1 atom stereocenters. The number of benzene rings is 3. The largest absolute Gasteiger partial charge is 0.478 e. The molecule has 0 spiro atoms. The van der Waals surface area contributed by atoms with Gasteiger partial charge in [-0.3, -0.25) is 4.79 Å². The molecule has 2 aliphatic rings. The summed E-state index contributed by atoms with van der Waals surface area (Å²) in [5.41, 5.74) is 5.14. The molecule has 1 saturated carbocycles. The van der Waals surface area contributed by atoms with Crippen molar-refractivity contribution in [1.82, 2.24) is 5.32 Å². The van der Waals surface area contributed by atoms with Gasteiger partial charge in [-0.25, -0.2) is 9.59 Å². The van der Waals surface area contributed by atoms with Crippen LogP contribution in [0.4, 0.5) is 10.5 Å². The van der Waals surface area contributed by atoms with E-state index in [1.807, 2.05) is 24.3 Å². The van der Waals surface area contributed by atoms with Gasteiger partial charge in [0.1, 0.15) is 12.6 Å². The number of carboxylic acid groups (broad SMARTS) is 1. The monoisotopic (exact) mass is 456 g/mol. The minimum atomic E-state index is -1.04. The topological polar surface area (TPSA) is 105 Å². The number of carbonyl (C=O) groups excluding carboxylic acids is 2. The Morgan fingerprint density at radius 2 is 1.47 bits per heavy atom. The second-order valence-electron chi connectivity index (χ2n) is 8.66. The van der Waals surface area contributed by atoms with E-state index >= 15 is 0 Å². The maximum Gasteiger partial charge on any atom is 0.407 e. The van der Waals surface area contributed by atoms with Crippen LogP contribution in [-0.4, -0.2) is 35.7 Å². The number of hydrogen-bond donors (Lipinski definition) is 3. The predicted molar refractivity (Wildman–Crippen MR) is 127 cm³/mol. The lowest BCUT2D eigenvalue weighted by atomic mass is 9.98. The van der Waals surface area contributed by atoms with Crippen molar-refractivity contribution in [3.63, 3.8) is 0 Å². The minimum Gasteiger partial charge on any atom is -0.478 e. The fourth-order valence-electron chi connectivity index (χ4n) is 4.51. The lowest BCUT2D eigenvalue weighted by Crippen LogP contribution is -2.45. The van der Waals surface area contributed by atoms with E-state index in [9.17, 15) is 14.4 Å². The summed E-state index contributed by atoms with van der Waals surface area (Å²) in [6.45, 7) is 0.176. The number of hydrogen-bond acceptors (Lipinski definition) is 4. The number of anilines is 1. The first-order valence-electron chi connectivity index (χ1n) is 11.3. The third kappa shape index (κ3) is 4.37. The fraction of sp³-hybridized carbons (Fsp3) is 0.222. The Bertz CT molecular complexity index is 1200. The molecule has 1 unspecified atom stereocenters. The molecule has 0 radical (unpaired) electrons. The first kappa shape index (κ1) is 21.7. The van der Waals surface area contributed by atoms with E-state index in [4.69, 9.17) is 9.84 Å². The molecule has 1 fully saturated rings. The molecule has 172 valence electrons. The summed E-state index contributed by atoms with van der Waals surface area (Å²) in [5.74, 6) is -1.39. The lowest BCUT2D eigenvalue weighted by Gasteiger charge is -2.19. The summed E-state index contributed by atoms with van der Waals surface area (Å²) < 4.78 is 5.60. The van der Waals surface area contributed by atoms with Crippen molar-refractivity contribution >= 4 is 23.7 Å². The first-order valence-corrected chi connectivity index (χ1v) is 11.3. The maximum atomic E-state index is 12.8. The molecule has 0 saturated heterocycles. The van der Waals surface area contributed by atoms with Gasteiger partial charge in [0.15, 0.2) is 0 Å². The Morgan fingerprint density at radius 1 is 0.882 bits per heavy atom. The molecule has 0 aliphatic heterocycles. The highest BCUT2D eigenvalue weighted by molar-refractivity contribution is 5.97. The smallest absolute Gasteiger partial charge is 0.407 e. The highest BCUT2D eigenvalue weighted by atomic mass is 16.5. The third-order valence-electron chi connectivity index (χ3n) is 6.39. The number of fused-ring (bicyclic) bond motifs is 3. The number of carboxylic acids is 1. The molecule has 7 nitrogen and oxygen atoms in total. The summed E-state index contributed by atoms with van der Waals surface area (Å²) in [5, 5.41) is 14.5. The van der Waals surface area contributed by atoms with Gasteiger partial charge < -0.3 is 20.5 Å². The molecule has 5 rings (SSSR count). The van der Waals surface area contributed by atoms with Crippen LogP contribution in [0.5, 0.6) is 0 Å². The Labute approximate surface area is 196 Å². The zero-order valence-electron chi connectivity index (χ0n) is 18.4. The number of aromatic carboxylic acids is 1. The lowest BCUT2D eigenvalue weighted by molar-refractivity contribution is -0.118. The number of rotatable bonds is 7. The second kappa shape index (κ2) is 9.02. The van der Waals surface area contributed by atoms with Crippen molar-refractivity contribution in [2.45, 2.75) is 24.8 Å². The molecule has 2 amide bonds. The van der Waals surface area contributed by atoms with Crippen LogP contribution in [0, 0.1) is 5.92 Å². The van der Waals surface area contributed by atoms with Crippen molar-refractivity contribution in [2.75, 3.05) is 11.9 Å². The van der Waals surface area contributed by atoms with Crippen LogP contribution in [0.1, 0.15) is 40.2 Å². The molecular weight excluding hydrogens is 432 g/mol. The van der Waals surface area contributed by atoms with E-state index in [0.717, 1.165) is 35.1 Å². The van der Waals surface area contributed by atoms with E-state index in [1.165, 1.54) is 24.3 Å². The van der Waals surface area contributed by atoms with E-state index in [0.29, 0.717) is 5.69 Å². The van der Waals surface area contributed by atoms with Crippen LogP contribution >= 0.6 is 0 Å². The van der Waals surface area contributed by atoms with Gasteiger partial charge in [0.25, 0.3) is 0 Å². The fourth-order valence-corrected chi connectivity index (χ4v) is 4.51. The molecule has 0 heterocycles. The van der Waals surface area contributed by atoms with Gasteiger partial charge in [0.05, 0.1) is 5.56 Å². The number of alkyl carbamates (subject to hydrolysis) is 1. The third-order valence-corrected chi connectivity index (χ3v) is 6.39. The Kier molecular flexibility index (Phi) is 5.76. The van der Waals surface area contributed by atoms with Gasteiger partial charge in [0, 0.05) is 11.6 Å². The van der Waals surface area contributed by atoms with Crippen molar-refractivity contribution in [3.8, 4) is 11.1 Å². The van der Waals surface area contributed by atoms with Crippen LogP contribution in [0.15, 0.2) is 72.8 Å². The number of nitrogens with one attached hydrogen (secondary N) is 2. The highest BCUT2D eigenvalue weighted by Gasteiger charge is 2.38. The van der Waals surface area contributed by atoms with Gasteiger partial charge in [-0.1, -0.05) is 48.5 Å². The summed E-state index contributed by atoms with van der Waals surface area (Å²) in [6, 6.07) is 21.4. The van der Waals surface area contributed by atoms with Crippen LogP contribution in [0.3, 0.4) is 0 Å². The molecule has 3 N–H and O–H groups in total. The molecule has 7 heteroatoms. The van der Waals surface area contributed by atoms with Crippen LogP contribution in [0.25, 0.3) is 11.1 Å². The van der Waals surface area contributed by atoms with Crippen LogP contribution in [0.2, 0.25) is 0 Å². The van der Waals surface area contributed by atoms with Gasteiger partial charge in [-0.15, -0.1) is 0 Å². The standard InChI is InChI=1S/C27H24N2O5/c30-25(28-18-13-11-17(12-14-18)26(31)32)24(16-9-10-16)29-27(33)34-15-23-21-7-3-1-5-19(21)20-6-2-4-8-22(20)23/h1-8,11-14,16,23-24H,9-10,15H2,(H,28,30)(H,29,33)(H,31,32). The molecule has 3 aromatic carbocycles. The molecule has 3 aromatic rings. The average Bonchev–Trinajstić information content (AvgIpc) is 3.64. The summed E-state index contributed by atoms with van der Waals surface area (Å²) >= 11 is 0. The quantitative estimate of drug-likeness (QED) is 0.480. The minimum absolute atomic E-state index is 0.0544. The summed E-state index contributed by atoms with van der Waals surface area (Å²) in [7, 11) is 0. The van der Waals surface area contributed by atoms with Gasteiger partial charge in [0.2, 0.25) is 5.91 Å². The molecule has 0 aromatic heterocycles. The van der Waals surface area contributed by atoms with E-state index in [1.54, 1.807) is 0 Å². The van der Waals surface area contributed by atoms with E-state index < -0.39 is 18.1 Å². The second-order valence-corrected chi connectivity index (χ2v) is 8.66. The first-order chi connectivity index (χ1) is 16.5. The number of carbonyl (C=O) groups is 3. The highest BCUT2D eigenvalue weighted by Crippen LogP contribution is 2.44. The van der Waals surface area contributed by atoms with Crippen molar-refractivity contribution in [2.24, 2.45) is 5.92 Å². The predicted octanol–water partition coefficient (Wildman–Crippen LogP) is 4.64. The SMILES string of the molecule is O=C(NC(C(=O)Nc1ccc(C(=O)O)cc1)C1CC1)OCC1c2ccccc2-c2ccccc21. The maximum absolute atomic E-state index is 12.8. The Balaban J connectivity index is 1.23. The van der Waals surface area contributed by atoms with Crippen molar-refractivity contribution in [3.05, 3.63) is 89.5 Å². The molecule has 2 aliphatic carbocycles. The zero-order chi connectivity index (χ0) is 23.7. The molecule has 0 bridgehead atoms. The van der Waals surface area contributed by atoms with Gasteiger partial charge >= 0.3 is 12.1 Å². The van der Waals surface area contributed by atoms with Gasteiger partial charge in [-0.2, -0.15) is 0 Å². The summed E-state index contributed by atoms with van der Waals surface area (Å²) in [4.78, 5) is 36.5. The van der Waals surface area contributed by atoms with E-state index in [-0.39, 0.29) is 29.9 Å². The molecular formula is C27H24N2O5. The Hall–Kier alpha value is -4.13. The Morgan fingerprint density at radius 3 is 2.03 bits per heavy atom. The summed E-state index contributed by atoms with van der Waals surface area (Å²) in [6.07, 6.45) is 1.06.